The van der Waals surface area contributed by atoms with E-state index >= 15 is 0 Å². The van der Waals surface area contributed by atoms with Gasteiger partial charge < -0.3 is 15.2 Å². The first kappa shape index (κ1) is 23.8. The Morgan fingerprint density at radius 2 is 1.79 bits per heavy atom. The number of carbonyl (C=O) groups is 2. The Hall–Kier alpha value is -3.88. The van der Waals surface area contributed by atoms with Gasteiger partial charge in [-0.15, -0.1) is 0 Å². The Bertz CT molecular complexity index is 1160. The maximum Gasteiger partial charge on any atom is 0.416 e. The number of hydrogen-bond donors (Lipinski definition) is 2. The Morgan fingerprint density at radius 1 is 1.09 bits per heavy atom. The van der Waals surface area contributed by atoms with Crippen LogP contribution in [0.15, 0.2) is 60.7 Å². The minimum Gasteiger partial charge on any atom is -0.494 e. The third-order valence-electron chi connectivity index (χ3n) is 4.94. The van der Waals surface area contributed by atoms with E-state index < -0.39 is 29.7 Å². The smallest absolute Gasteiger partial charge is 0.416 e. The highest BCUT2D eigenvalue weighted by Crippen LogP contribution is 2.34. The Kier molecular flexibility index (Phi) is 7.01. The average molecular weight is 458 g/mol. The quantitative estimate of drug-likeness (QED) is 0.519. The number of amides is 1. The molecule has 0 aliphatic carbocycles. The molecule has 1 heterocycles. The molecule has 2 N–H and O–H groups in total. The van der Waals surface area contributed by atoms with E-state index in [9.17, 15) is 27.9 Å². The highest BCUT2D eigenvalue weighted by molar-refractivity contribution is 5.93. The van der Waals surface area contributed by atoms with E-state index in [1.165, 1.54) is 31.4 Å². The number of nitrogens with zero attached hydrogens (tertiary/aromatic N) is 1. The minimum absolute atomic E-state index is 0.0568. The lowest BCUT2D eigenvalue weighted by molar-refractivity contribution is -0.138. The molecule has 1 atom stereocenters. The summed E-state index contributed by atoms with van der Waals surface area (Å²) >= 11 is 0. The lowest BCUT2D eigenvalue weighted by Gasteiger charge is -2.18. The number of carboxylic acid groups (broad SMARTS) is 1. The fraction of sp³-hybridized carbons (Fsp3) is 0.208. The summed E-state index contributed by atoms with van der Waals surface area (Å²) in [6.45, 7) is 1.88. The molecule has 0 saturated heterocycles. The third kappa shape index (κ3) is 5.88. The van der Waals surface area contributed by atoms with E-state index in [-0.39, 0.29) is 29.1 Å². The number of carboxylic acids is 1. The summed E-state index contributed by atoms with van der Waals surface area (Å²) in [4.78, 5) is 28.5. The van der Waals surface area contributed by atoms with E-state index in [0.29, 0.717) is 5.56 Å². The lowest BCUT2D eigenvalue weighted by atomic mass is 10.0. The number of aryl methyl sites for hydroxylation is 1. The van der Waals surface area contributed by atoms with Crippen LogP contribution in [0.2, 0.25) is 0 Å². The molecule has 0 aliphatic rings. The molecule has 2 aromatic carbocycles. The van der Waals surface area contributed by atoms with Crippen molar-refractivity contribution in [2.75, 3.05) is 7.11 Å². The van der Waals surface area contributed by atoms with Crippen LogP contribution in [0.3, 0.4) is 0 Å². The van der Waals surface area contributed by atoms with Crippen molar-refractivity contribution in [1.29, 1.82) is 0 Å². The molecule has 1 unspecified atom stereocenters. The van der Waals surface area contributed by atoms with Gasteiger partial charge in [-0.3, -0.25) is 9.59 Å². The van der Waals surface area contributed by atoms with Gasteiger partial charge in [-0.1, -0.05) is 42.0 Å². The molecule has 3 aromatic rings. The summed E-state index contributed by atoms with van der Waals surface area (Å²) in [6, 6.07) is 13.5. The summed E-state index contributed by atoms with van der Waals surface area (Å²) < 4.78 is 44.7. The number of hydrogen-bond acceptors (Lipinski definition) is 4. The van der Waals surface area contributed by atoms with Crippen LogP contribution in [0.1, 0.15) is 39.6 Å². The number of benzene rings is 2. The SMILES string of the molecule is COc1ccc(C(=O)NC(CC(=O)O)c2ccc(C)cc2)nc1-c1cccc(C(F)(F)F)c1. The van der Waals surface area contributed by atoms with Crippen molar-refractivity contribution in [3.05, 3.63) is 83.0 Å². The Balaban J connectivity index is 1.95. The predicted molar refractivity (Wildman–Crippen MR) is 115 cm³/mol. The van der Waals surface area contributed by atoms with E-state index in [4.69, 9.17) is 4.74 Å². The second-order valence-electron chi connectivity index (χ2n) is 7.36. The van der Waals surface area contributed by atoms with E-state index in [0.717, 1.165) is 17.7 Å². The fourth-order valence-corrected chi connectivity index (χ4v) is 3.24. The van der Waals surface area contributed by atoms with Gasteiger partial charge in [0.2, 0.25) is 0 Å². The zero-order valence-corrected chi connectivity index (χ0v) is 17.8. The number of methoxy groups -OCH3 is 1. The number of rotatable bonds is 7. The molecule has 0 saturated carbocycles. The first-order valence-corrected chi connectivity index (χ1v) is 9.90. The van der Waals surface area contributed by atoms with E-state index in [2.05, 4.69) is 10.3 Å². The van der Waals surface area contributed by atoms with Crippen LogP contribution < -0.4 is 10.1 Å². The Morgan fingerprint density at radius 3 is 2.39 bits per heavy atom. The zero-order chi connectivity index (χ0) is 24.2. The van der Waals surface area contributed by atoms with Gasteiger partial charge >= 0.3 is 12.1 Å². The van der Waals surface area contributed by atoms with Crippen LogP contribution in [-0.4, -0.2) is 29.1 Å². The molecule has 3 rings (SSSR count). The first-order chi connectivity index (χ1) is 15.6. The number of aliphatic carboxylic acids is 1. The summed E-state index contributed by atoms with van der Waals surface area (Å²) in [5.74, 6) is -1.59. The molecule has 0 bridgehead atoms. The van der Waals surface area contributed by atoms with Crippen molar-refractivity contribution >= 4 is 11.9 Å². The van der Waals surface area contributed by atoms with Crippen molar-refractivity contribution in [3.63, 3.8) is 0 Å². The summed E-state index contributed by atoms with van der Waals surface area (Å²) in [5, 5.41) is 11.9. The normalized spacial score (nSPS) is 12.2. The largest absolute Gasteiger partial charge is 0.494 e. The number of aromatic nitrogens is 1. The summed E-state index contributed by atoms with van der Waals surface area (Å²) in [5.41, 5.74) is 0.799. The standard InChI is InChI=1S/C24H21F3N2O4/c1-14-6-8-15(9-7-14)19(13-21(30)31)29-23(32)18-10-11-20(33-2)22(28-18)16-4-3-5-17(12-16)24(25,26)27/h3-12,19H,13H2,1-2H3,(H,29,32)(H,30,31). The van der Waals surface area contributed by atoms with Gasteiger partial charge in [-0.25, -0.2) is 4.98 Å². The number of ether oxygens (including phenoxy) is 1. The number of pyridine rings is 1. The van der Waals surface area contributed by atoms with Gasteiger partial charge in [0.1, 0.15) is 17.1 Å². The number of carbonyl (C=O) groups excluding carboxylic acids is 1. The maximum absolute atomic E-state index is 13.1. The van der Waals surface area contributed by atoms with Crippen LogP contribution in [0.25, 0.3) is 11.3 Å². The number of alkyl halides is 3. The van der Waals surface area contributed by atoms with Gasteiger partial charge in [0, 0.05) is 5.56 Å². The highest BCUT2D eigenvalue weighted by atomic mass is 19.4. The van der Waals surface area contributed by atoms with Crippen LogP contribution in [0, 0.1) is 6.92 Å². The minimum atomic E-state index is -4.55. The Labute approximate surface area is 188 Å². The molecule has 0 spiro atoms. The first-order valence-electron chi connectivity index (χ1n) is 9.90. The van der Waals surface area contributed by atoms with Crippen molar-refractivity contribution in [2.24, 2.45) is 0 Å². The fourth-order valence-electron chi connectivity index (χ4n) is 3.24. The van der Waals surface area contributed by atoms with Gasteiger partial charge in [-0.05, 0) is 36.8 Å². The molecule has 0 radical (unpaired) electrons. The lowest BCUT2D eigenvalue weighted by Crippen LogP contribution is -2.31. The second kappa shape index (κ2) is 9.72. The van der Waals surface area contributed by atoms with Crippen molar-refractivity contribution in [3.8, 4) is 17.0 Å². The molecule has 172 valence electrons. The second-order valence-corrected chi connectivity index (χ2v) is 7.36. The van der Waals surface area contributed by atoms with Gasteiger partial charge in [0.25, 0.3) is 5.91 Å². The number of nitrogens with one attached hydrogen (secondary N) is 1. The van der Waals surface area contributed by atoms with Gasteiger partial charge in [0.05, 0.1) is 25.1 Å². The van der Waals surface area contributed by atoms with Crippen LogP contribution in [0.5, 0.6) is 5.75 Å². The molecular weight excluding hydrogens is 437 g/mol. The van der Waals surface area contributed by atoms with Crippen molar-refractivity contribution in [2.45, 2.75) is 25.6 Å². The van der Waals surface area contributed by atoms with Crippen molar-refractivity contribution in [1.82, 2.24) is 10.3 Å². The molecule has 1 amide bonds. The molecule has 0 fully saturated rings. The van der Waals surface area contributed by atoms with Gasteiger partial charge in [0.15, 0.2) is 0 Å². The monoisotopic (exact) mass is 458 g/mol. The molecule has 33 heavy (non-hydrogen) atoms. The van der Waals surface area contributed by atoms with Gasteiger partial charge in [-0.2, -0.15) is 13.2 Å². The van der Waals surface area contributed by atoms with E-state index in [1.807, 2.05) is 6.92 Å². The predicted octanol–water partition coefficient (Wildman–Crippen LogP) is 5.03. The number of halogens is 3. The molecule has 1 aromatic heterocycles. The molecule has 0 aliphatic heterocycles. The van der Waals surface area contributed by atoms with Crippen LogP contribution in [0.4, 0.5) is 13.2 Å². The molecule has 6 nitrogen and oxygen atoms in total. The highest BCUT2D eigenvalue weighted by Gasteiger charge is 2.31. The third-order valence-corrected chi connectivity index (χ3v) is 4.94. The van der Waals surface area contributed by atoms with Crippen LogP contribution >= 0.6 is 0 Å². The van der Waals surface area contributed by atoms with Crippen molar-refractivity contribution < 1.29 is 32.6 Å². The van der Waals surface area contributed by atoms with E-state index in [1.54, 1.807) is 24.3 Å². The van der Waals surface area contributed by atoms with Crippen LogP contribution in [-0.2, 0) is 11.0 Å². The molecule has 9 heteroatoms. The summed E-state index contributed by atoms with van der Waals surface area (Å²) in [7, 11) is 1.34. The topological polar surface area (TPSA) is 88.5 Å². The molecular formula is C24H21F3N2O4. The maximum atomic E-state index is 13.1. The average Bonchev–Trinajstić information content (AvgIpc) is 2.78. The summed E-state index contributed by atoms with van der Waals surface area (Å²) in [6.07, 6.45) is -4.90. The zero-order valence-electron chi connectivity index (χ0n) is 17.8.